The molecule has 0 bridgehead atoms. The van der Waals surface area contributed by atoms with Gasteiger partial charge in [0.25, 0.3) is 5.91 Å². The third-order valence-corrected chi connectivity index (χ3v) is 6.71. The first-order valence-corrected chi connectivity index (χ1v) is 13.5. The molecule has 0 radical (unpaired) electrons. The van der Waals surface area contributed by atoms with Crippen molar-refractivity contribution >= 4 is 41.2 Å². The van der Waals surface area contributed by atoms with Crippen LogP contribution in [0, 0.1) is 11.6 Å². The highest BCUT2D eigenvalue weighted by molar-refractivity contribution is 7.81. The first-order chi connectivity index (χ1) is 18.6. The lowest BCUT2D eigenvalue weighted by Gasteiger charge is -2.16. The largest absolute Gasteiger partial charge is 0.386 e. The molecule has 7 nitrogen and oxygen atoms in total. The molecule has 0 saturated carbocycles. The van der Waals surface area contributed by atoms with Gasteiger partial charge in [-0.2, -0.15) is 12.6 Å². The van der Waals surface area contributed by atoms with Crippen LogP contribution in [-0.2, 0) is 6.42 Å². The van der Waals surface area contributed by atoms with Crippen molar-refractivity contribution in [2.24, 2.45) is 10.7 Å². The van der Waals surface area contributed by atoms with Crippen LogP contribution in [0.5, 0.6) is 0 Å². The fourth-order valence-corrected chi connectivity index (χ4v) is 4.00. The van der Waals surface area contributed by atoms with Crippen LogP contribution < -0.4 is 27.0 Å². The van der Waals surface area contributed by atoms with Gasteiger partial charge in [-0.25, -0.2) is 8.78 Å². The number of amides is 1. The Morgan fingerprint density at radius 2 is 1.82 bits per heavy atom. The molecule has 39 heavy (non-hydrogen) atoms. The molecule has 0 saturated heterocycles. The van der Waals surface area contributed by atoms with E-state index >= 15 is 0 Å². The van der Waals surface area contributed by atoms with Gasteiger partial charge >= 0.3 is 0 Å². The van der Waals surface area contributed by atoms with Crippen LogP contribution >= 0.6 is 12.6 Å². The number of allylic oxidation sites excluding steroid dienone is 1. The fourth-order valence-electron chi connectivity index (χ4n) is 3.76. The number of anilines is 2. The molecule has 10 heteroatoms. The number of carbonyl (C=O) groups excluding carboxylic acids is 1. The maximum Gasteiger partial charge on any atom is 0.251 e. The van der Waals surface area contributed by atoms with Crippen molar-refractivity contribution in [3.8, 4) is 0 Å². The van der Waals surface area contributed by atoms with Crippen molar-refractivity contribution in [1.29, 1.82) is 0 Å². The predicted octanol–water partition coefficient (Wildman–Crippen LogP) is 4.98. The number of nitrogens with two attached hydrogens (primary N) is 1. The highest BCUT2D eigenvalue weighted by Gasteiger charge is 2.14. The van der Waals surface area contributed by atoms with E-state index in [1.54, 1.807) is 13.0 Å². The number of hydrogen-bond donors (Lipinski definition) is 6. The minimum Gasteiger partial charge on any atom is -0.386 e. The van der Waals surface area contributed by atoms with Gasteiger partial charge in [-0.1, -0.05) is 13.5 Å². The molecular formula is C29H40F2N6OS. The number of carbonyl (C=O) groups is 1. The molecule has 0 aliphatic carbocycles. The topological polar surface area (TPSA) is 104 Å². The van der Waals surface area contributed by atoms with E-state index in [9.17, 15) is 13.6 Å². The van der Waals surface area contributed by atoms with Gasteiger partial charge in [-0.3, -0.25) is 9.79 Å². The number of benzene rings is 2. The number of halogens is 2. The van der Waals surface area contributed by atoms with Crippen molar-refractivity contribution in [2.75, 3.05) is 43.9 Å². The van der Waals surface area contributed by atoms with Crippen LogP contribution in [0.1, 0.15) is 48.7 Å². The zero-order chi connectivity index (χ0) is 28.9. The molecule has 0 aliphatic rings. The fraction of sp³-hybridized carbons (Fsp3) is 0.379. The van der Waals surface area contributed by atoms with E-state index in [1.165, 1.54) is 25.4 Å². The Labute approximate surface area is 235 Å². The summed E-state index contributed by atoms with van der Waals surface area (Å²) in [6.45, 7) is 11.5. The van der Waals surface area contributed by atoms with Crippen LogP contribution in [0.15, 0.2) is 53.8 Å². The molecule has 0 spiro atoms. The second-order valence-electron chi connectivity index (χ2n) is 9.10. The maximum absolute atomic E-state index is 14.4. The summed E-state index contributed by atoms with van der Waals surface area (Å²) in [7, 11) is 1.54. The number of thiol groups is 1. The summed E-state index contributed by atoms with van der Waals surface area (Å²) in [6, 6.07) is 8.62. The number of nitrogens with zero attached hydrogens (tertiary/aromatic N) is 1. The lowest BCUT2D eigenvalue weighted by molar-refractivity contribution is 0.0953. The van der Waals surface area contributed by atoms with E-state index < -0.39 is 11.6 Å². The predicted molar refractivity (Wildman–Crippen MR) is 163 cm³/mol. The van der Waals surface area contributed by atoms with E-state index in [0.717, 1.165) is 29.1 Å². The Kier molecular flexibility index (Phi) is 13.0. The molecular weight excluding hydrogens is 518 g/mol. The third-order valence-electron chi connectivity index (χ3n) is 6.14. The first-order valence-electron chi connectivity index (χ1n) is 12.9. The number of rotatable bonds is 15. The smallest absolute Gasteiger partial charge is 0.251 e. The van der Waals surface area contributed by atoms with Crippen LogP contribution in [0.2, 0.25) is 0 Å². The summed E-state index contributed by atoms with van der Waals surface area (Å²) in [4.78, 5) is 17.1. The molecule has 2 aromatic carbocycles. The molecule has 0 aromatic heterocycles. The van der Waals surface area contributed by atoms with Gasteiger partial charge in [0.2, 0.25) is 0 Å². The number of nitrogens with one attached hydrogen (secondary N) is 4. The zero-order valence-electron chi connectivity index (χ0n) is 23.1. The van der Waals surface area contributed by atoms with Gasteiger partial charge in [0, 0.05) is 59.8 Å². The zero-order valence-corrected chi connectivity index (χ0v) is 24.0. The van der Waals surface area contributed by atoms with E-state index in [2.05, 4.69) is 45.5 Å². The quantitative estimate of drug-likeness (QED) is 0.105. The summed E-state index contributed by atoms with van der Waals surface area (Å²) in [6.07, 6.45) is 2.95. The minimum atomic E-state index is -0.915. The Balaban J connectivity index is 1.95. The monoisotopic (exact) mass is 558 g/mol. The Morgan fingerprint density at radius 3 is 2.49 bits per heavy atom. The minimum absolute atomic E-state index is 0.0190. The molecule has 2 aromatic rings. The van der Waals surface area contributed by atoms with Crippen molar-refractivity contribution in [1.82, 2.24) is 10.6 Å². The summed E-state index contributed by atoms with van der Waals surface area (Å²) in [5, 5.41) is 12.0. The van der Waals surface area contributed by atoms with Gasteiger partial charge in [-0.05, 0) is 74.7 Å². The molecule has 1 unspecified atom stereocenters. The van der Waals surface area contributed by atoms with Gasteiger partial charge in [0.05, 0.1) is 12.2 Å². The summed E-state index contributed by atoms with van der Waals surface area (Å²) in [5.41, 5.74) is 10.3. The Morgan fingerprint density at radius 1 is 1.13 bits per heavy atom. The number of aryl methyl sites for hydroxylation is 1. The molecule has 212 valence electrons. The standard InChI is InChI=1S/C29H40F2N6OS/c1-6-21-15-22(7-8-24(21)29(38)35-14-13-34-20(4)26(39)11-12-32)37-17-19(3)36-16-18(2)23-9-10-25(33-5)28(31)27(23)30/h7-10,15-16,26,33-34,37,39H,4,6,11-14,17,32H2,1-3,5H3,(H,35,38)/b18-16+,36-19+. The average molecular weight is 559 g/mol. The molecule has 0 fully saturated rings. The van der Waals surface area contributed by atoms with E-state index in [-0.39, 0.29) is 22.4 Å². The van der Waals surface area contributed by atoms with Gasteiger partial charge in [-0.15, -0.1) is 0 Å². The Hall–Kier alpha value is -3.37. The summed E-state index contributed by atoms with van der Waals surface area (Å²) < 4.78 is 28.4. The van der Waals surface area contributed by atoms with Gasteiger partial charge in [0.15, 0.2) is 11.6 Å². The summed E-state index contributed by atoms with van der Waals surface area (Å²) >= 11 is 4.45. The molecule has 0 heterocycles. The normalized spacial score (nSPS) is 12.6. The van der Waals surface area contributed by atoms with Crippen LogP contribution in [-0.4, -0.2) is 50.1 Å². The van der Waals surface area contributed by atoms with Crippen molar-refractivity contribution in [3.63, 3.8) is 0 Å². The second kappa shape index (κ2) is 15.9. The van der Waals surface area contributed by atoms with E-state index in [4.69, 9.17) is 5.73 Å². The molecule has 0 aliphatic heterocycles. The second-order valence-corrected chi connectivity index (χ2v) is 9.72. The third kappa shape index (κ3) is 9.40. The van der Waals surface area contributed by atoms with E-state index in [0.29, 0.717) is 43.7 Å². The highest BCUT2D eigenvalue weighted by atomic mass is 32.1. The molecule has 2 rings (SSSR count). The van der Waals surface area contributed by atoms with Crippen molar-refractivity contribution < 1.29 is 13.6 Å². The molecule has 6 N–H and O–H groups in total. The lowest BCUT2D eigenvalue weighted by atomic mass is 10.0. The van der Waals surface area contributed by atoms with E-state index in [1.807, 2.05) is 26.0 Å². The van der Waals surface area contributed by atoms with Crippen LogP contribution in [0.3, 0.4) is 0 Å². The summed E-state index contributed by atoms with van der Waals surface area (Å²) in [5.74, 6) is -1.96. The maximum atomic E-state index is 14.4. The molecule has 1 amide bonds. The van der Waals surface area contributed by atoms with Crippen molar-refractivity contribution in [2.45, 2.75) is 38.9 Å². The SMILES string of the molecule is C=C(NCCNC(=O)c1ccc(NC/C(C)=N/C=C(\C)c2ccc(NC)c(F)c2F)cc1CC)C(S)CCN. The number of hydrogen-bond acceptors (Lipinski definition) is 7. The average Bonchev–Trinajstić information content (AvgIpc) is 2.93. The highest BCUT2D eigenvalue weighted by Crippen LogP contribution is 2.25. The lowest BCUT2D eigenvalue weighted by Crippen LogP contribution is -2.33. The Bertz CT molecular complexity index is 1210. The number of aliphatic imine (C=N–C) groups is 1. The van der Waals surface area contributed by atoms with Crippen LogP contribution in [0.4, 0.5) is 20.2 Å². The first kappa shape index (κ1) is 31.8. The van der Waals surface area contributed by atoms with Crippen LogP contribution in [0.25, 0.3) is 5.57 Å². The molecule has 1 atom stereocenters. The van der Waals surface area contributed by atoms with Crippen molar-refractivity contribution in [3.05, 3.63) is 77.1 Å². The van der Waals surface area contributed by atoms with Gasteiger partial charge in [0.1, 0.15) is 0 Å². The van der Waals surface area contributed by atoms with Gasteiger partial charge < -0.3 is 27.0 Å².